The van der Waals surface area contributed by atoms with Crippen molar-refractivity contribution in [3.05, 3.63) is 53.1 Å². The Morgan fingerprint density at radius 3 is 2.89 bits per heavy atom. The van der Waals surface area contributed by atoms with Gasteiger partial charge in [0.25, 0.3) is 0 Å². The summed E-state index contributed by atoms with van der Waals surface area (Å²) in [5.41, 5.74) is 4.63. The van der Waals surface area contributed by atoms with Gasteiger partial charge in [0.15, 0.2) is 0 Å². The van der Waals surface area contributed by atoms with Crippen LogP contribution in [0.2, 0.25) is 0 Å². The standard InChI is InChI=1S/C14H12N2O2S/c1-9-4-3-5-12(13-16-15-8-19-13)11(9)7-6-10(2)14(17)18/h3-8H,2H2,1H3,(H,17,18)/b7-6-. The third-order valence-electron chi connectivity index (χ3n) is 2.64. The Morgan fingerprint density at radius 2 is 2.26 bits per heavy atom. The first-order chi connectivity index (χ1) is 9.09. The van der Waals surface area contributed by atoms with Gasteiger partial charge in [-0.2, -0.15) is 0 Å². The summed E-state index contributed by atoms with van der Waals surface area (Å²) in [5.74, 6) is -1.03. The largest absolute Gasteiger partial charge is 0.478 e. The summed E-state index contributed by atoms with van der Waals surface area (Å²) in [6.07, 6.45) is 3.25. The van der Waals surface area contributed by atoms with Crippen molar-refractivity contribution < 1.29 is 9.90 Å². The minimum atomic E-state index is -1.03. The van der Waals surface area contributed by atoms with Crippen LogP contribution in [0.3, 0.4) is 0 Å². The lowest BCUT2D eigenvalue weighted by atomic mass is 10.0. The number of hydrogen-bond acceptors (Lipinski definition) is 4. The minimum Gasteiger partial charge on any atom is -0.478 e. The summed E-state index contributed by atoms with van der Waals surface area (Å²) in [5, 5.41) is 17.5. The number of hydrogen-bond donors (Lipinski definition) is 1. The molecule has 5 heteroatoms. The van der Waals surface area contributed by atoms with Crippen molar-refractivity contribution in [2.45, 2.75) is 6.92 Å². The first-order valence-corrected chi connectivity index (χ1v) is 6.44. The molecule has 0 fully saturated rings. The van der Waals surface area contributed by atoms with Crippen LogP contribution in [-0.2, 0) is 4.79 Å². The van der Waals surface area contributed by atoms with Crippen LogP contribution in [0.1, 0.15) is 11.1 Å². The number of carboxylic acid groups (broad SMARTS) is 1. The molecule has 0 bridgehead atoms. The van der Waals surface area contributed by atoms with Gasteiger partial charge in [-0.3, -0.25) is 0 Å². The molecule has 96 valence electrons. The number of benzene rings is 1. The Balaban J connectivity index is 2.45. The number of aliphatic carboxylic acids is 1. The van der Waals surface area contributed by atoms with Gasteiger partial charge in [0.2, 0.25) is 0 Å². The molecule has 0 radical (unpaired) electrons. The number of aryl methyl sites for hydroxylation is 1. The van der Waals surface area contributed by atoms with E-state index in [1.165, 1.54) is 17.4 Å². The molecule has 0 saturated heterocycles. The van der Waals surface area contributed by atoms with Gasteiger partial charge in [-0.05, 0) is 24.1 Å². The summed E-state index contributed by atoms with van der Waals surface area (Å²) >= 11 is 1.44. The van der Waals surface area contributed by atoms with E-state index in [0.29, 0.717) is 0 Å². The molecule has 0 saturated carbocycles. The van der Waals surface area contributed by atoms with Gasteiger partial charge < -0.3 is 5.11 Å². The highest BCUT2D eigenvalue weighted by Gasteiger charge is 2.08. The molecule has 0 atom stereocenters. The highest BCUT2D eigenvalue weighted by Crippen LogP contribution is 2.28. The summed E-state index contributed by atoms with van der Waals surface area (Å²) in [6.45, 7) is 5.45. The first-order valence-electron chi connectivity index (χ1n) is 5.56. The number of nitrogens with zero attached hydrogens (tertiary/aromatic N) is 2. The fraction of sp³-hybridized carbons (Fsp3) is 0.0714. The Morgan fingerprint density at radius 1 is 1.47 bits per heavy atom. The summed E-state index contributed by atoms with van der Waals surface area (Å²) in [6, 6.07) is 5.85. The van der Waals surface area contributed by atoms with E-state index >= 15 is 0 Å². The van der Waals surface area contributed by atoms with Gasteiger partial charge >= 0.3 is 5.97 Å². The summed E-state index contributed by atoms with van der Waals surface area (Å²) < 4.78 is 0. The average molecular weight is 272 g/mol. The van der Waals surface area contributed by atoms with Gasteiger partial charge in [-0.1, -0.05) is 42.2 Å². The smallest absolute Gasteiger partial charge is 0.335 e. The van der Waals surface area contributed by atoms with Crippen LogP contribution in [0.25, 0.3) is 16.6 Å². The van der Waals surface area contributed by atoms with Crippen molar-refractivity contribution in [1.29, 1.82) is 0 Å². The van der Waals surface area contributed by atoms with E-state index in [0.717, 1.165) is 21.7 Å². The van der Waals surface area contributed by atoms with Gasteiger partial charge in [0.05, 0.1) is 5.57 Å². The van der Waals surface area contributed by atoms with Crippen LogP contribution in [0, 0.1) is 6.92 Å². The van der Waals surface area contributed by atoms with Gasteiger partial charge in [0.1, 0.15) is 10.5 Å². The van der Waals surface area contributed by atoms with Crippen LogP contribution < -0.4 is 0 Å². The highest BCUT2D eigenvalue weighted by molar-refractivity contribution is 7.12. The van der Waals surface area contributed by atoms with Gasteiger partial charge in [-0.25, -0.2) is 4.79 Å². The summed E-state index contributed by atoms with van der Waals surface area (Å²) in [4.78, 5) is 10.7. The molecule has 1 N–H and O–H groups in total. The molecule has 0 unspecified atom stereocenters. The minimum absolute atomic E-state index is 0.0477. The van der Waals surface area contributed by atoms with Crippen LogP contribution in [-0.4, -0.2) is 21.3 Å². The lowest BCUT2D eigenvalue weighted by Gasteiger charge is -2.06. The maximum Gasteiger partial charge on any atom is 0.335 e. The normalized spacial score (nSPS) is 10.8. The molecule has 1 heterocycles. The van der Waals surface area contributed by atoms with Crippen molar-refractivity contribution in [3.8, 4) is 10.6 Å². The number of rotatable bonds is 4. The van der Waals surface area contributed by atoms with Crippen molar-refractivity contribution in [3.63, 3.8) is 0 Å². The zero-order chi connectivity index (χ0) is 13.8. The molecular weight excluding hydrogens is 260 g/mol. The van der Waals surface area contributed by atoms with E-state index < -0.39 is 5.97 Å². The predicted octanol–water partition coefficient (Wildman–Crippen LogP) is 3.17. The molecule has 2 aromatic rings. The quantitative estimate of drug-likeness (QED) is 0.686. The molecule has 0 amide bonds. The monoisotopic (exact) mass is 272 g/mol. The van der Waals surface area contributed by atoms with Crippen LogP contribution in [0.4, 0.5) is 0 Å². The molecule has 0 spiro atoms. The molecule has 1 aromatic heterocycles. The third-order valence-corrected chi connectivity index (χ3v) is 3.36. The van der Waals surface area contributed by atoms with Gasteiger partial charge in [0, 0.05) is 5.56 Å². The maximum absolute atomic E-state index is 10.7. The Bertz CT molecular complexity index is 645. The third kappa shape index (κ3) is 2.95. The molecule has 0 aliphatic heterocycles. The van der Waals surface area contributed by atoms with Crippen molar-refractivity contribution in [2.75, 3.05) is 0 Å². The topological polar surface area (TPSA) is 63.1 Å². The molecule has 0 aliphatic rings. The van der Waals surface area contributed by atoms with Crippen molar-refractivity contribution in [1.82, 2.24) is 10.2 Å². The Labute approximate surface area is 114 Å². The number of carbonyl (C=O) groups is 1. The van der Waals surface area contributed by atoms with E-state index in [9.17, 15) is 4.79 Å². The zero-order valence-corrected chi connectivity index (χ0v) is 11.1. The molecule has 0 aliphatic carbocycles. The maximum atomic E-state index is 10.7. The molecule has 2 rings (SSSR count). The van der Waals surface area contributed by atoms with E-state index in [1.807, 2.05) is 25.1 Å². The van der Waals surface area contributed by atoms with E-state index in [1.54, 1.807) is 11.6 Å². The fourth-order valence-corrected chi connectivity index (χ4v) is 2.23. The number of aromatic nitrogens is 2. The van der Waals surface area contributed by atoms with Crippen molar-refractivity contribution in [2.24, 2.45) is 0 Å². The zero-order valence-electron chi connectivity index (χ0n) is 10.3. The second-order valence-electron chi connectivity index (χ2n) is 3.94. The lowest BCUT2D eigenvalue weighted by Crippen LogP contribution is -1.95. The lowest BCUT2D eigenvalue weighted by molar-refractivity contribution is -0.132. The SMILES string of the molecule is C=C(/C=C\c1c(C)cccc1-c1nncs1)C(=O)O. The van der Waals surface area contributed by atoms with Crippen LogP contribution >= 0.6 is 11.3 Å². The number of carboxylic acids is 1. The van der Waals surface area contributed by atoms with E-state index in [4.69, 9.17) is 5.11 Å². The Kier molecular flexibility index (Phi) is 3.87. The van der Waals surface area contributed by atoms with Crippen LogP contribution in [0.5, 0.6) is 0 Å². The first kappa shape index (κ1) is 13.2. The van der Waals surface area contributed by atoms with Gasteiger partial charge in [-0.15, -0.1) is 10.2 Å². The molecule has 1 aromatic carbocycles. The molecular formula is C14H12N2O2S. The van der Waals surface area contributed by atoms with E-state index in [2.05, 4.69) is 16.8 Å². The molecule has 4 nitrogen and oxygen atoms in total. The summed E-state index contributed by atoms with van der Waals surface area (Å²) in [7, 11) is 0. The highest BCUT2D eigenvalue weighted by atomic mass is 32.1. The Hall–Kier alpha value is -2.27. The second-order valence-corrected chi connectivity index (χ2v) is 4.78. The predicted molar refractivity (Wildman–Crippen MR) is 75.9 cm³/mol. The van der Waals surface area contributed by atoms with Crippen LogP contribution in [0.15, 0.2) is 41.9 Å². The fourth-order valence-electron chi connectivity index (χ4n) is 1.63. The molecule has 19 heavy (non-hydrogen) atoms. The van der Waals surface area contributed by atoms with Crippen molar-refractivity contribution >= 4 is 23.4 Å². The average Bonchev–Trinajstić information content (AvgIpc) is 2.90. The second kappa shape index (κ2) is 5.58. The van der Waals surface area contributed by atoms with E-state index in [-0.39, 0.29) is 5.57 Å².